The molecule has 2 aromatic rings. The Kier molecular flexibility index (Phi) is 5.65. The van der Waals surface area contributed by atoms with E-state index in [2.05, 4.69) is 16.0 Å². The van der Waals surface area contributed by atoms with Crippen LogP contribution in [0, 0.1) is 0 Å². The highest BCUT2D eigenvalue weighted by Gasteiger charge is 2.26. The van der Waals surface area contributed by atoms with Gasteiger partial charge in [0.1, 0.15) is 11.9 Å². The number of para-hydroxylation sites is 1. The molecule has 2 aliphatic heterocycles. The van der Waals surface area contributed by atoms with E-state index in [-0.39, 0.29) is 12.0 Å². The standard InChI is InChI=1S/C21H25N3O3/c25-21(24-12-5-15-26-24)19-7-1-2-8-20(19)27-18-9-13-23(14-10-18)16-17-6-3-4-11-22-17/h1-4,6-8,11,18H,5,9-10,12-16H2. The molecule has 1 amide bonds. The topological polar surface area (TPSA) is 54.9 Å². The van der Waals surface area contributed by atoms with Crippen molar-refractivity contribution in [1.82, 2.24) is 14.9 Å². The van der Waals surface area contributed by atoms with Gasteiger partial charge in [0.15, 0.2) is 0 Å². The molecule has 0 atom stereocenters. The van der Waals surface area contributed by atoms with Gasteiger partial charge in [0.2, 0.25) is 0 Å². The monoisotopic (exact) mass is 367 g/mol. The number of rotatable bonds is 5. The highest BCUT2D eigenvalue weighted by molar-refractivity contribution is 5.96. The SMILES string of the molecule is O=C(c1ccccc1OC1CCN(Cc2ccccn2)CC1)N1CCCO1. The summed E-state index contributed by atoms with van der Waals surface area (Å²) in [4.78, 5) is 24.9. The number of hydrogen-bond donors (Lipinski definition) is 0. The Bertz CT molecular complexity index is 754. The van der Waals surface area contributed by atoms with E-state index in [1.165, 1.54) is 5.06 Å². The summed E-state index contributed by atoms with van der Waals surface area (Å²) in [6.45, 7) is 4.04. The summed E-state index contributed by atoms with van der Waals surface area (Å²) in [7, 11) is 0. The Morgan fingerprint density at radius 1 is 1.11 bits per heavy atom. The fraction of sp³-hybridized carbons (Fsp3) is 0.429. The average Bonchev–Trinajstić information content (AvgIpc) is 3.25. The van der Waals surface area contributed by atoms with Gasteiger partial charge < -0.3 is 4.74 Å². The van der Waals surface area contributed by atoms with Gasteiger partial charge in [-0.3, -0.25) is 19.5 Å². The van der Waals surface area contributed by atoms with Crippen molar-refractivity contribution in [3.05, 3.63) is 59.9 Å². The smallest absolute Gasteiger partial charge is 0.281 e. The van der Waals surface area contributed by atoms with Crippen LogP contribution in [0.25, 0.3) is 0 Å². The van der Waals surface area contributed by atoms with Gasteiger partial charge in [-0.2, -0.15) is 0 Å². The Morgan fingerprint density at radius 3 is 2.67 bits per heavy atom. The number of amides is 1. The van der Waals surface area contributed by atoms with E-state index >= 15 is 0 Å². The molecule has 142 valence electrons. The summed E-state index contributed by atoms with van der Waals surface area (Å²) in [5.41, 5.74) is 1.67. The molecule has 0 spiro atoms. The Morgan fingerprint density at radius 2 is 1.93 bits per heavy atom. The molecule has 1 aromatic heterocycles. The zero-order chi connectivity index (χ0) is 18.5. The van der Waals surface area contributed by atoms with E-state index in [0.717, 1.165) is 44.6 Å². The fourth-order valence-corrected chi connectivity index (χ4v) is 3.57. The normalized spacial score (nSPS) is 18.6. The molecular weight excluding hydrogens is 342 g/mol. The molecule has 0 aliphatic carbocycles. The number of aromatic nitrogens is 1. The molecule has 3 heterocycles. The molecule has 6 heteroatoms. The second kappa shape index (κ2) is 8.50. The molecule has 0 N–H and O–H groups in total. The van der Waals surface area contributed by atoms with E-state index in [1.54, 1.807) is 0 Å². The minimum atomic E-state index is -0.115. The van der Waals surface area contributed by atoms with Crippen LogP contribution in [0.2, 0.25) is 0 Å². The summed E-state index contributed by atoms with van der Waals surface area (Å²) in [6.07, 6.45) is 4.72. The van der Waals surface area contributed by atoms with Gasteiger partial charge in [-0.15, -0.1) is 0 Å². The number of benzene rings is 1. The number of hydroxylamine groups is 2. The third kappa shape index (κ3) is 4.46. The van der Waals surface area contributed by atoms with Gasteiger partial charge in [-0.1, -0.05) is 18.2 Å². The molecule has 1 aromatic carbocycles. The summed E-state index contributed by atoms with van der Waals surface area (Å²) in [6, 6.07) is 13.5. The van der Waals surface area contributed by atoms with Crippen LogP contribution in [0.5, 0.6) is 5.75 Å². The lowest BCUT2D eigenvalue weighted by Crippen LogP contribution is -2.38. The first kappa shape index (κ1) is 17.9. The van der Waals surface area contributed by atoms with Gasteiger partial charge in [0, 0.05) is 25.8 Å². The van der Waals surface area contributed by atoms with Gasteiger partial charge in [0.25, 0.3) is 5.91 Å². The molecule has 0 radical (unpaired) electrons. The zero-order valence-electron chi connectivity index (χ0n) is 15.4. The highest BCUT2D eigenvalue weighted by atomic mass is 16.7. The summed E-state index contributed by atoms with van der Waals surface area (Å²) in [5.74, 6) is 0.539. The molecular formula is C21H25N3O3. The molecule has 2 fully saturated rings. The number of hydrogen-bond acceptors (Lipinski definition) is 5. The first-order valence-corrected chi connectivity index (χ1v) is 9.62. The lowest BCUT2D eigenvalue weighted by Gasteiger charge is -2.32. The Balaban J connectivity index is 1.34. The Hall–Kier alpha value is -2.44. The van der Waals surface area contributed by atoms with E-state index in [4.69, 9.17) is 9.57 Å². The number of carbonyl (C=O) groups is 1. The van der Waals surface area contributed by atoms with Gasteiger partial charge in [-0.25, -0.2) is 5.06 Å². The summed E-state index contributed by atoms with van der Waals surface area (Å²) in [5, 5.41) is 1.44. The minimum absolute atomic E-state index is 0.115. The first-order valence-electron chi connectivity index (χ1n) is 9.62. The van der Waals surface area contributed by atoms with Crippen molar-refractivity contribution in [1.29, 1.82) is 0 Å². The third-order valence-electron chi connectivity index (χ3n) is 5.04. The molecule has 6 nitrogen and oxygen atoms in total. The van der Waals surface area contributed by atoms with Crippen LogP contribution in [0.3, 0.4) is 0 Å². The number of nitrogens with zero attached hydrogens (tertiary/aromatic N) is 3. The number of carbonyl (C=O) groups excluding carboxylic acids is 1. The molecule has 0 bridgehead atoms. The van der Waals surface area contributed by atoms with Gasteiger partial charge >= 0.3 is 0 Å². The van der Waals surface area contributed by atoms with E-state index in [0.29, 0.717) is 24.5 Å². The van der Waals surface area contributed by atoms with E-state index in [1.807, 2.05) is 42.6 Å². The van der Waals surface area contributed by atoms with Crippen molar-refractivity contribution >= 4 is 5.91 Å². The van der Waals surface area contributed by atoms with Crippen molar-refractivity contribution in [3.63, 3.8) is 0 Å². The maximum Gasteiger partial charge on any atom is 0.281 e. The lowest BCUT2D eigenvalue weighted by molar-refractivity contribution is -0.0770. The molecule has 0 unspecified atom stereocenters. The van der Waals surface area contributed by atoms with Crippen LogP contribution in [0.4, 0.5) is 0 Å². The first-order chi connectivity index (χ1) is 13.3. The summed E-state index contributed by atoms with van der Waals surface area (Å²) >= 11 is 0. The molecule has 27 heavy (non-hydrogen) atoms. The van der Waals surface area contributed by atoms with Crippen LogP contribution < -0.4 is 4.74 Å². The zero-order valence-corrected chi connectivity index (χ0v) is 15.4. The van der Waals surface area contributed by atoms with Crippen LogP contribution in [-0.2, 0) is 11.4 Å². The maximum atomic E-state index is 12.7. The molecule has 4 rings (SSSR count). The van der Waals surface area contributed by atoms with Crippen LogP contribution in [-0.4, -0.2) is 53.2 Å². The number of piperidine rings is 1. The lowest BCUT2D eigenvalue weighted by atomic mass is 10.1. The highest BCUT2D eigenvalue weighted by Crippen LogP contribution is 2.25. The summed E-state index contributed by atoms with van der Waals surface area (Å²) < 4.78 is 6.22. The van der Waals surface area contributed by atoms with Gasteiger partial charge in [-0.05, 0) is 43.5 Å². The quantitative estimate of drug-likeness (QED) is 0.813. The third-order valence-corrected chi connectivity index (χ3v) is 5.04. The Labute approximate surface area is 159 Å². The van der Waals surface area contributed by atoms with Crippen LogP contribution in [0.1, 0.15) is 35.3 Å². The minimum Gasteiger partial charge on any atom is -0.489 e. The molecule has 2 aliphatic rings. The van der Waals surface area contributed by atoms with Gasteiger partial charge in [0.05, 0.1) is 24.4 Å². The van der Waals surface area contributed by atoms with Crippen molar-refractivity contribution in [2.75, 3.05) is 26.2 Å². The number of pyridine rings is 1. The maximum absolute atomic E-state index is 12.7. The fourth-order valence-electron chi connectivity index (χ4n) is 3.57. The second-order valence-corrected chi connectivity index (χ2v) is 7.00. The van der Waals surface area contributed by atoms with Crippen molar-refractivity contribution in [2.24, 2.45) is 0 Å². The predicted octanol–water partition coefficient (Wildman–Crippen LogP) is 2.90. The van der Waals surface area contributed by atoms with Crippen molar-refractivity contribution in [3.8, 4) is 5.75 Å². The van der Waals surface area contributed by atoms with Crippen LogP contribution >= 0.6 is 0 Å². The predicted molar refractivity (Wildman–Crippen MR) is 101 cm³/mol. The number of likely N-dealkylation sites (tertiary alicyclic amines) is 1. The largest absolute Gasteiger partial charge is 0.489 e. The van der Waals surface area contributed by atoms with Crippen molar-refractivity contribution < 1.29 is 14.4 Å². The second-order valence-electron chi connectivity index (χ2n) is 7.00. The molecule has 0 saturated carbocycles. The van der Waals surface area contributed by atoms with E-state index in [9.17, 15) is 4.79 Å². The molecule has 2 saturated heterocycles. The average molecular weight is 367 g/mol. The number of ether oxygens (including phenoxy) is 1. The van der Waals surface area contributed by atoms with Crippen molar-refractivity contribution in [2.45, 2.75) is 31.9 Å². The van der Waals surface area contributed by atoms with Crippen LogP contribution in [0.15, 0.2) is 48.7 Å². The van der Waals surface area contributed by atoms with E-state index < -0.39 is 0 Å².